The molecule has 0 aromatic carbocycles. The summed E-state index contributed by atoms with van der Waals surface area (Å²) in [4.78, 5) is 2.49. The molecule has 0 aliphatic carbocycles. The van der Waals surface area contributed by atoms with Gasteiger partial charge in [0.2, 0.25) is 0 Å². The van der Waals surface area contributed by atoms with Gasteiger partial charge in [-0.05, 0) is 46.2 Å². The number of nitrogens with one attached hydrogen (secondary N) is 1. The fourth-order valence-corrected chi connectivity index (χ4v) is 2.79. The lowest BCUT2D eigenvalue weighted by molar-refractivity contribution is -0.0118. The van der Waals surface area contributed by atoms with Crippen molar-refractivity contribution in [3.63, 3.8) is 0 Å². The highest BCUT2D eigenvalue weighted by Gasteiger charge is 2.31. The van der Waals surface area contributed by atoms with E-state index in [0.717, 1.165) is 26.1 Å². The van der Waals surface area contributed by atoms with E-state index in [1.54, 1.807) is 0 Å². The van der Waals surface area contributed by atoms with E-state index in [1.807, 2.05) is 6.92 Å². The van der Waals surface area contributed by atoms with E-state index in [2.05, 4.69) is 31.0 Å². The van der Waals surface area contributed by atoms with Crippen LogP contribution >= 0.6 is 0 Å². The van der Waals surface area contributed by atoms with Crippen molar-refractivity contribution in [2.24, 2.45) is 0 Å². The van der Waals surface area contributed by atoms with Gasteiger partial charge in [0.15, 0.2) is 0 Å². The first-order chi connectivity index (χ1) is 8.00. The maximum Gasteiger partial charge on any atom is 0.0743 e. The van der Waals surface area contributed by atoms with Crippen molar-refractivity contribution in [1.82, 2.24) is 10.2 Å². The van der Waals surface area contributed by atoms with Crippen molar-refractivity contribution in [1.29, 1.82) is 0 Å². The molecule has 1 heterocycles. The molecule has 0 aromatic rings. The summed E-state index contributed by atoms with van der Waals surface area (Å²) in [5.74, 6) is 0. The second kappa shape index (κ2) is 6.72. The number of likely N-dealkylation sites (N-methyl/N-ethyl adjacent to an activating group) is 1. The van der Waals surface area contributed by atoms with E-state index >= 15 is 0 Å². The summed E-state index contributed by atoms with van der Waals surface area (Å²) in [5, 5.41) is 13.8. The Kier molecular flexibility index (Phi) is 5.90. The molecule has 1 fully saturated rings. The molecule has 17 heavy (non-hydrogen) atoms. The average Bonchev–Trinajstić information content (AvgIpc) is 2.29. The Hall–Kier alpha value is -0.120. The zero-order valence-corrected chi connectivity index (χ0v) is 12.0. The van der Waals surface area contributed by atoms with Gasteiger partial charge in [-0.2, -0.15) is 0 Å². The maximum atomic E-state index is 10.2. The zero-order valence-electron chi connectivity index (χ0n) is 12.0. The van der Waals surface area contributed by atoms with Crippen molar-refractivity contribution >= 4 is 0 Å². The lowest BCUT2D eigenvalue weighted by Crippen LogP contribution is -2.54. The number of aliphatic hydroxyl groups is 1. The average molecular weight is 242 g/mol. The van der Waals surface area contributed by atoms with Crippen molar-refractivity contribution in [2.75, 3.05) is 19.6 Å². The third-order valence-corrected chi connectivity index (χ3v) is 4.07. The van der Waals surface area contributed by atoms with Gasteiger partial charge < -0.3 is 10.4 Å². The molecule has 1 aliphatic rings. The molecule has 0 radical (unpaired) electrons. The minimum absolute atomic E-state index is 0.521. The summed E-state index contributed by atoms with van der Waals surface area (Å²) in [5.41, 5.74) is -0.540. The number of rotatable bonds is 6. The van der Waals surface area contributed by atoms with Crippen LogP contribution in [0.5, 0.6) is 0 Å². The second-order valence-electron chi connectivity index (χ2n) is 5.73. The van der Waals surface area contributed by atoms with Gasteiger partial charge in [0.05, 0.1) is 5.60 Å². The molecule has 0 spiro atoms. The smallest absolute Gasteiger partial charge is 0.0743 e. The molecular formula is C14H30N2O. The predicted octanol–water partition coefficient (Wildman–Crippen LogP) is 2.00. The Bertz CT molecular complexity index is 218. The van der Waals surface area contributed by atoms with Crippen molar-refractivity contribution in [3.05, 3.63) is 0 Å². The van der Waals surface area contributed by atoms with Gasteiger partial charge in [-0.25, -0.2) is 0 Å². The van der Waals surface area contributed by atoms with Gasteiger partial charge in [0.1, 0.15) is 0 Å². The molecule has 102 valence electrons. The Morgan fingerprint density at radius 1 is 1.41 bits per heavy atom. The normalized spacial score (nSPS) is 27.7. The van der Waals surface area contributed by atoms with Crippen LogP contribution < -0.4 is 5.32 Å². The van der Waals surface area contributed by atoms with Crippen LogP contribution in [0.2, 0.25) is 0 Å². The molecular weight excluding hydrogens is 212 g/mol. The highest BCUT2D eigenvalue weighted by Crippen LogP contribution is 2.23. The predicted molar refractivity (Wildman–Crippen MR) is 73.3 cm³/mol. The van der Waals surface area contributed by atoms with Crippen molar-refractivity contribution in [2.45, 2.75) is 71.1 Å². The maximum absolute atomic E-state index is 10.2. The quantitative estimate of drug-likeness (QED) is 0.748. The third kappa shape index (κ3) is 4.57. The summed E-state index contributed by atoms with van der Waals surface area (Å²) < 4.78 is 0. The van der Waals surface area contributed by atoms with Gasteiger partial charge in [-0.3, -0.25) is 4.90 Å². The topological polar surface area (TPSA) is 35.5 Å². The number of hydrogen-bond donors (Lipinski definition) is 2. The van der Waals surface area contributed by atoms with Gasteiger partial charge in [-0.15, -0.1) is 0 Å². The number of nitrogens with zero attached hydrogens (tertiary/aromatic N) is 1. The van der Waals surface area contributed by atoms with E-state index in [1.165, 1.54) is 19.3 Å². The van der Waals surface area contributed by atoms with Crippen LogP contribution in [0.3, 0.4) is 0 Å². The fourth-order valence-electron chi connectivity index (χ4n) is 2.79. The monoisotopic (exact) mass is 242 g/mol. The van der Waals surface area contributed by atoms with Crippen molar-refractivity contribution < 1.29 is 5.11 Å². The molecule has 1 aliphatic heterocycles. The second-order valence-corrected chi connectivity index (χ2v) is 5.73. The summed E-state index contributed by atoms with van der Waals surface area (Å²) in [6, 6.07) is 1.11. The van der Waals surface area contributed by atoms with Crippen LogP contribution in [0, 0.1) is 0 Å². The first kappa shape index (κ1) is 14.9. The Labute approximate surface area is 107 Å². The van der Waals surface area contributed by atoms with Gasteiger partial charge in [0, 0.05) is 18.6 Å². The highest BCUT2D eigenvalue weighted by atomic mass is 16.3. The largest absolute Gasteiger partial charge is 0.389 e. The van der Waals surface area contributed by atoms with Crippen molar-refractivity contribution in [3.8, 4) is 0 Å². The molecule has 0 aromatic heterocycles. The highest BCUT2D eigenvalue weighted by molar-refractivity contribution is 4.88. The first-order valence-electron chi connectivity index (χ1n) is 7.20. The summed E-state index contributed by atoms with van der Waals surface area (Å²) >= 11 is 0. The third-order valence-electron chi connectivity index (χ3n) is 4.07. The fraction of sp³-hybridized carbons (Fsp3) is 1.00. The zero-order chi connectivity index (χ0) is 12.9. The molecule has 0 amide bonds. The van der Waals surface area contributed by atoms with Crippen LogP contribution in [0.1, 0.15) is 53.4 Å². The van der Waals surface area contributed by atoms with Crippen LogP contribution in [-0.4, -0.2) is 47.3 Å². The summed E-state index contributed by atoms with van der Waals surface area (Å²) in [6.07, 6.45) is 4.68. The van der Waals surface area contributed by atoms with Gasteiger partial charge >= 0.3 is 0 Å². The minimum atomic E-state index is -0.540. The standard InChI is InChI=1S/C14H30N2O/c1-5-14(4,17)11-16-10-8-7-9-13(16)12(3)15-6-2/h12-13,15,17H,5-11H2,1-4H3. The molecule has 3 unspecified atom stereocenters. The molecule has 3 heteroatoms. The molecule has 0 bridgehead atoms. The molecule has 1 rings (SSSR count). The number of likely N-dealkylation sites (tertiary alicyclic amines) is 1. The van der Waals surface area contributed by atoms with Crippen LogP contribution in [0.4, 0.5) is 0 Å². The molecule has 0 saturated carbocycles. The molecule has 2 N–H and O–H groups in total. The molecule has 1 saturated heterocycles. The van der Waals surface area contributed by atoms with E-state index in [0.29, 0.717) is 12.1 Å². The summed E-state index contributed by atoms with van der Waals surface area (Å²) in [7, 11) is 0. The number of hydrogen-bond acceptors (Lipinski definition) is 3. The Morgan fingerprint density at radius 3 is 2.71 bits per heavy atom. The van der Waals surface area contributed by atoms with E-state index in [4.69, 9.17) is 0 Å². The van der Waals surface area contributed by atoms with Gasteiger partial charge in [-0.1, -0.05) is 20.3 Å². The lowest BCUT2D eigenvalue weighted by atomic mass is 9.93. The number of piperidine rings is 1. The van der Waals surface area contributed by atoms with Gasteiger partial charge in [0.25, 0.3) is 0 Å². The van der Waals surface area contributed by atoms with Crippen LogP contribution in [-0.2, 0) is 0 Å². The van der Waals surface area contributed by atoms with Crippen LogP contribution in [0.15, 0.2) is 0 Å². The SMILES string of the molecule is CCNC(C)C1CCCCN1CC(C)(O)CC. The molecule has 3 nitrogen and oxygen atoms in total. The first-order valence-corrected chi connectivity index (χ1v) is 7.20. The van der Waals surface area contributed by atoms with Crippen LogP contribution in [0.25, 0.3) is 0 Å². The Morgan fingerprint density at radius 2 is 2.12 bits per heavy atom. The van der Waals surface area contributed by atoms with E-state index in [-0.39, 0.29) is 0 Å². The number of β-amino-alcohol motifs (C(OH)–C–C–N with tert-alkyl or cyclic N) is 1. The van der Waals surface area contributed by atoms with E-state index < -0.39 is 5.60 Å². The molecule has 3 atom stereocenters. The lowest BCUT2D eigenvalue weighted by Gasteiger charge is -2.42. The Balaban J connectivity index is 2.59. The minimum Gasteiger partial charge on any atom is -0.389 e. The summed E-state index contributed by atoms with van der Waals surface area (Å²) in [6.45, 7) is 11.4. The van der Waals surface area contributed by atoms with E-state index in [9.17, 15) is 5.11 Å².